The molecular weight excluding hydrogens is 450 g/mol. The number of aromatic nitrogens is 1. The maximum absolute atomic E-state index is 13.0. The van der Waals surface area contributed by atoms with Crippen LogP contribution >= 0.6 is 11.3 Å². The number of fused-ring (bicyclic) bond motifs is 1. The summed E-state index contributed by atoms with van der Waals surface area (Å²) >= 11 is 1.26. The van der Waals surface area contributed by atoms with E-state index >= 15 is 0 Å². The Hall–Kier alpha value is -2.94. The Bertz CT molecular complexity index is 1150. The summed E-state index contributed by atoms with van der Waals surface area (Å²) in [5.74, 6) is 0.744. The van der Waals surface area contributed by atoms with Crippen LogP contribution < -0.4 is 16.4 Å². The van der Waals surface area contributed by atoms with Gasteiger partial charge in [0.1, 0.15) is 5.69 Å². The molecule has 1 aliphatic heterocycles. The number of rotatable bonds is 4. The van der Waals surface area contributed by atoms with E-state index in [1.807, 2.05) is 12.1 Å². The molecular formula is C25H29N5O3S. The topological polar surface area (TPSA) is 117 Å². The molecule has 4 saturated carbocycles. The minimum Gasteiger partial charge on any atom is -0.369 e. The highest BCUT2D eigenvalue weighted by molar-refractivity contribution is 7.14. The van der Waals surface area contributed by atoms with Crippen molar-refractivity contribution < 1.29 is 14.4 Å². The predicted molar refractivity (Wildman–Crippen MR) is 128 cm³/mol. The normalized spacial score (nSPS) is 31.1. The highest BCUT2D eigenvalue weighted by Crippen LogP contribution is 2.59. The Kier molecular flexibility index (Phi) is 5.13. The lowest BCUT2D eigenvalue weighted by Gasteiger charge is -2.58. The first-order valence-corrected chi connectivity index (χ1v) is 13.0. The maximum atomic E-state index is 13.0. The first kappa shape index (κ1) is 21.6. The number of nitrogens with one attached hydrogen (secondary N) is 2. The molecule has 2 aromatic rings. The number of hydrogen-bond acceptors (Lipinski definition) is 5. The molecule has 4 fully saturated rings. The van der Waals surface area contributed by atoms with Gasteiger partial charge in [0, 0.05) is 29.9 Å². The molecule has 2 heterocycles. The molecule has 1 aromatic carbocycles. The Balaban J connectivity index is 1.08. The van der Waals surface area contributed by atoms with Crippen molar-refractivity contribution >= 4 is 34.3 Å². The number of benzene rings is 1. The largest absolute Gasteiger partial charge is 0.369 e. The second-order valence-corrected chi connectivity index (χ2v) is 11.4. The van der Waals surface area contributed by atoms with Crippen LogP contribution in [0.25, 0.3) is 0 Å². The predicted octanol–water partition coefficient (Wildman–Crippen LogP) is 3.14. The van der Waals surface area contributed by atoms with Crippen molar-refractivity contribution in [3.63, 3.8) is 0 Å². The summed E-state index contributed by atoms with van der Waals surface area (Å²) in [5, 5.41) is 8.17. The van der Waals surface area contributed by atoms with E-state index in [0.29, 0.717) is 41.7 Å². The number of anilines is 1. The molecule has 4 amide bonds. The van der Waals surface area contributed by atoms with Gasteiger partial charge in [-0.2, -0.15) is 0 Å². The van der Waals surface area contributed by atoms with Crippen LogP contribution in [0.3, 0.4) is 0 Å². The Morgan fingerprint density at radius 1 is 1.09 bits per heavy atom. The number of nitrogens with zero attached hydrogens (tertiary/aromatic N) is 2. The summed E-state index contributed by atoms with van der Waals surface area (Å²) in [6, 6.07) is 8.03. The molecule has 0 spiro atoms. The number of urea groups is 1. The van der Waals surface area contributed by atoms with Crippen molar-refractivity contribution in [3.05, 3.63) is 46.5 Å². The van der Waals surface area contributed by atoms with E-state index in [-0.39, 0.29) is 29.3 Å². The zero-order valence-corrected chi connectivity index (χ0v) is 19.8. The molecule has 34 heavy (non-hydrogen) atoms. The van der Waals surface area contributed by atoms with E-state index in [9.17, 15) is 14.4 Å². The molecule has 4 N–H and O–H groups in total. The number of primary amides is 1. The van der Waals surface area contributed by atoms with Crippen LogP contribution in [0.4, 0.5) is 9.93 Å². The Labute approximate surface area is 202 Å². The molecule has 4 aliphatic carbocycles. The number of hydrogen-bond donors (Lipinski definition) is 3. The second-order valence-electron chi connectivity index (χ2n) is 10.5. The van der Waals surface area contributed by atoms with Crippen LogP contribution in [0.1, 0.15) is 53.7 Å². The number of nitrogens with two attached hydrogens (primary N) is 1. The SMILES string of the molecule is NC(=O)C12CC3CC(C1)C(NC(=O)c1csc(NC(=O)N4CCc5ccccc5C4)n1)C(C3)C2. The average molecular weight is 480 g/mol. The standard InChI is InChI=1S/C25H29N5O3S/c26-22(32)25-9-14-7-17(10-25)20(18(8-14)11-25)28-21(31)19-13-34-23(27-19)29-24(33)30-6-5-15-3-1-2-4-16(15)12-30/h1-4,13-14,17-18,20H,5-12H2,(H2,26,32)(H,28,31)(H,27,29,33). The molecule has 178 valence electrons. The molecule has 4 bridgehead atoms. The lowest BCUT2D eigenvalue weighted by atomic mass is 9.47. The van der Waals surface area contributed by atoms with E-state index in [2.05, 4.69) is 27.8 Å². The molecule has 2 unspecified atom stereocenters. The van der Waals surface area contributed by atoms with Gasteiger partial charge >= 0.3 is 6.03 Å². The summed E-state index contributed by atoms with van der Waals surface area (Å²) < 4.78 is 0. The van der Waals surface area contributed by atoms with Crippen molar-refractivity contribution in [2.75, 3.05) is 11.9 Å². The van der Waals surface area contributed by atoms with Crippen LogP contribution in [0, 0.1) is 23.2 Å². The van der Waals surface area contributed by atoms with Crippen molar-refractivity contribution in [2.45, 2.75) is 51.1 Å². The van der Waals surface area contributed by atoms with Gasteiger partial charge in [0.25, 0.3) is 5.91 Å². The first-order valence-electron chi connectivity index (χ1n) is 12.1. The monoisotopic (exact) mass is 479 g/mol. The minimum absolute atomic E-state index is 0.0599. The third kappa shape index (κ3) is 3.66. The molecule has 7 rings (SSSR count). The lowest BCUT2D eigenvalue weighted by molar-refractivity contribution is -0.145. The van der Waals surface area contributed by atoms with Crippen LogP contribution in [-0.2, 0) is 17.8 Å². The maximum Gasteiger partial charge on any atom is 0.323 e. The smallest absolute Gasteiger partial charge is 0.323 e. The van der Waals surface area contributed by atoms with E-state index in [4.69, 9.17) is 5.73 Å². The van der Waals surface area contributed by atoms with E-state index in [1.165, 1.54) is 16.9 Å². The summed E-state index contributed by atoms with van der Waals surface area (Å²) in [4.78, 5) is 44.1. The molecule has 0 radical (unpaired) electrons. The van der Waals surface area contributed by atoms with Crippen molar-refractivity contribution in [3.8, 4) is 0 Å². The quantitative estimate of drug-likeness (QED) is 0.624. The molecule has 2 atom stereocenters. The van der Waals surface area contributed by atoms with E-state index < -0.39 is 0 Å². The van der Waals surface area contributed by atoms with Crippen LogP contribution in [0.15, 0.2) is 29.6 Å². The summed E-state index contributed by atoms with van der Waals surface area (Å²) in [6.45, 7) is 1.22. The molecule has 1 aromatic heterocycles. The first-order chi connectivity index (χ1) is 16.4. The van der Waals surface area contributed by atoms with E-state index in [0.717, 1.165) is 44.1 Å². The third-order valence-electron chi connectivity index (χ3n) is 8.46. The highest BCUT2D eigenvalue weighted by atomic mass is 32.1. The fraction of sp³-hybridized carbons (Fsp3) is 0.520. The number of carbonyl (C=O) groups excluding carboxylic acids is 3. The number of amides is 4. The van der Waals surface area contributed by atoms with Crippen LogP contribution in [-0.4, -0.2) is 40.3 Å². The average Bonchev–Trinajstić information content (AvgIpc) is 3.29. The molecule has 9 heteroatoms. The van der Waals surface area contributed by atoms with Crippen LogP contribution in [0.2, 0.25) is 0 Å². The fourth-order valence-corrected chi connectivity index (χ4v) is 7.74. The summed E-state index contributed by atoms with van der Waals surface area (Å²) in [7, 11) is 0. The van der Waals surface area contributed by atoms with Crippen LogP contribution in [0.5, 0.6) is 0 Å². The fourth-order valence-electron chi connectivity index (χ4n) is 7.06. The van der Waals surface area contributed by atoms with Gasteiger partial charge in [-0.05, 0) is 67.4 Å². The van der Waals surface area contributed by atoms with Gasteiger partial charge in [-0.3, -0.25) is 14.9 Å². The minimum atomic E-state index is -0.370. The Morgan fingerprint density at radius 2 is 1.82 bits per heavy atom. The van der Waals surface area contributed by atoms with Gasteiger partial charge in [0.05, 0.1) is 0 Å². The number of carbonyl (C=O) groups is 3. The van der Waals surface area contributed by atoms with Gasteiger partial charge in [-0.1, -0.05) is 24.3 Å². The van der Waals surface area contributed by atoms with Crippen molar-refractivity contribution in [1.82, 2.24) is 15.2 Å². The number of thiazole rings is 1. The van der Waals surface area contributed by atoms with Gasteiger partial charge in [-0.25, -0.2) is 9.78 Å². The zero-order valence-electron chi connectivity index (χ0n) is 19.0. The molecule has 5 aliphatic rings. The van der Waals surface area contributed by atoms with E-state index in [1.54, 1.807) is 10.3 Å². The van der Waals surface area contributed by atoms with Crippen molar-refractivity contribution in [2.24, 2.45) is 28.9 Å². The van der Waals surface area contributed by atoms with Gasteiger partial charge in [0.15, 0.2) is 5.13 Å². The van der Waals surface area contributed by atoms with Gasteiger partial charge < -0.3 is 16.0 Å². The van der Waals surface area contributed by atoms with Gasteiger partial charge in [-0.15, -0.1) is 11.3 Å². The lowest BCUT2D eigenvalue weighted by Crippen LogP contribution is -2.62. The van der Waals surface area contributed by atoms with Crippen molar-refractivity contribution in [1.29, 1.82) is 0 Å². The zero-order chi connectivity index (χ0) is 23.4. The summed E-state index contributed by atoms with van der Waals surface area (Å²) in [6.07, 6.45) is 5.39. The second kappa shape index (κ2) is 8.08. The third-order valence-corrected chi connectivity index (χ3v) is 9.22. The highest BCUT2D eigenvalue weighted by Gasteiger charge is 2.58. The summed E-state index contributed by atoms with van der Waals surface area (Å²) in [5.41, 5.74) is 8.18. The Morgan fingerprint density at radius 3 is 2.56 bits per heavy atom. The molecule has 8 nitrogen and oxygen atoms in total. The molecule has 0 saturated heterocycles. The van der Waals surface area contributed by atoms with Gasteiger partial charge in [0.2, 0.25) is 5.91 Å².